The van der Waals surface area contributed by atoms with Gasteiger partial charge in [-0.1, -0.05) is 0 Å². The Morgan fingerprint density at radius 1 is 1.33 bits per heavy atom. The molecule has 2 aromatic rings. The van der Waals surface area contributed by atoms with Crippen LogP contribution in [0.4, 0.5) is 14.5 Å². The van der Waals surface area contributed by atoms with E-state index in [0.29, 0.717) is 6.07 Å². The Morgan fingerprint density at radius 2 is 2.00 bits per heavy atom. The summed E-state index contributed by atoms with van der Waals surface area (Å²) in [5, 5.41) is 3.98. The Morgan fingerprint density at radius 3 is 2.52 bits per heavy atom. The molecule has 114 valence electrons. The summed E-state index contributed by atoms with van der Waals surface area (Å²) in [7, 11) is -4.20. The third-order valence-corrected chi connectivity index (χ3v) is 4.96. The van der Waals surface area contributed by atoms with Crippen LogP contribution in [0, 0.1) is 11.6 Å². The lowest BCUT2D eigenvalue weighted by atomic mass is 10.3. The number of anilines is 1. The van der Waals surface area contributed by atoms with E-state index in [1.807, 2.05) is 13.8 Å². The van der Waals surface area contributed by atoms with E-state index in [1.165, 1.54) is 12.4 Å². The summed E-state index contributed by atoms with van der Waals surface area (Å²) < 4.78 is 54.7. The average molecular weight is 380 g/mol. The molecule has 2 rings (SSSR count). The van der Waals surface area contributed by atoms with Gasteiger partial charge in [-0.2, -0.15) is 5.10 Å². The number of aromatic nitrogens is 2. The molecule has 1 N–H and O–H groups in total. The second-order valence-electron chi connectivity index (χ2n) is 4.61. The molecule has 0 aliphatic rings. The fourth-order valence-corrected chi connectivity index (χ4v) is 3.86. The van der Waals surface area contributed by atoms with E-state index in [1.54, 1.807) is 4.68 Å². The zero-order valence-electron chi connectivity index (χ0n) is 11.1. The lowest BCUT2D eigenvalue weighted by molar-refractivity contribution is 0.532. The molecule has 0 saturated heterocycles. The van der Waals surface area contributed by atoms with Crippen molar-refractivity contribution < 1.29 is 17.2 Å². The van der Waals surface area contributed by atoms with Crippen LogP contribution in [0.1, 0.15) is 19.9 Å². The number of benzene rings is 1. The van der Waals surface area contributed by atoms with Crippen molar-refractivity contribution in [3.8, 4) is 0 Å². The van der Waals surface area contributed by atoms with Crippen molar-refractivity contribution >= 4 is 31.6 Å². The number of halogens is 3. The minimum Gasteiger partial charge on any atom is -0.276 e. The van der Waals surface area contributed by atoms with Crippen LogP contribution >= 0.6 is 15.9 Å². The summed E-state index contributed by atoms with van der Waals surface area (Å²) in [6.45, 7) is 3.75. The molecular weight excluding hydrogens is 368 g/mol. The Balaban J connectivity index is 2.38. The van der Waals surface area contributed by atoms with Crippen molar-refractivity contribution in [1.29, 1.82) is 0 Å². The largest absolute Gasteiger partial charge is 0.276 e. The Hall–Kier alpha value is -1.48. The summed E-state index contributed by atoms with van der Waals surface area (Å²) in [5.41, 5.74) is 0.194. The van der Waals surface area contributed by atoms with Crippen LogP contribution in [0.25, 0.3) is 0 Å². The molecule has 21 heavy (non-hydrogen) atoms. The fraction of sp³-hybridized carbons (Fsp3) is 0.250. The monoisotopic (exact) mass is 379 g/mol. The van der Waals surface area contributed by atoms with Crippen LogP contribution in [-0.4, -0.2) is 18.2 Å². The van der Waals surface area contributed by atoms with Gasteiger partial charge in [0.2, 0.25) is 0 Å². The van der Waals surface area contributed by atoms with Gasteiger partial charge >= 0.3 is 0 Å². The molecular formula is C12H12BrF2N3O2S. The maximum atomic E-state index is 13.7. The first-order valence-electron chi connectivity index (χ1n) is 5.92. The van der Waals surface area contributed by atoms with Gasteiger partial charge in [-0.05, 0) is 35.8 Å². The van der Waals surface area contributed by atoms with Gasteiger partial charge in [0.25, 0.3) is 10.0 Å². The molecule has 5 nitrogen and oxygen atoms in total. The molecule has 1 aromatic heterocycles. The van der Waals surface area contributed by atoms with E-state index in [4.69, 9.17) is 0 Å². The molecule has 9 heteroatoms. The van der Waals surface area contributed by atoms with Gasteiger partial charge in [-0.25, -0.2) is 17.2 Å². The first-order chi connectivity index (χ1) is 9.70. The smallest absolute Gasteiger partial charge is 0.266 e. The van der Waals surface area contributed by atoms with E-state index in [9.17, 15) is 17.2 Å². The maximum absolute atomic E-state index is 13.7. The van der Waals surface area contributed by atoms with E-state index in [2.05, 4.69) is 25.8 Å². The molecule has 0 radical (unpaired) electrons. The normalized spacial score (nSPS) is 11.9. The summed E-state index contributed by atoms with van der Waals surface area (Å²) in [6, 6.07) is 1.45. The molecule has 0 atom stereocenters. The van der Waals surface area contributed by atoms with E-state index in [-0.39, 0.29) is 16.2 Å². The van der Waals surface area contributed by atoms with Gasteiger partial charge in [-0.15, -0.1) is 0 Å². The fourth-order valence-electron chi connectivity index (χ4n) is 1.67. The van der Waals surface area contributed by atoms with Gasteiger partial charge < -0.3 is 0 Å². The van der Waals surface area contributed by atoms with Gasteiger partial charge in [0.05, 0.1) is 11.9 Å². The highest BCUT2D eigenvalue weighted by atomic mass is 79.9. The zero-order chi connectivity index (χ0) is 15.8. The highest BCUT2D eigenvalue weighted by Crippen LogP contribution is 2.28. The predicted molar refractivity (Wildman–Crippen MR) is 77.5 cm³/mol. The van der Waals surface area contributed by atoms with Crippen molar-refractivity contribution in [1.82, 2.24) is 9.78 Å². The SMILES string of the molecule is CC(C)n1cc(NS(=O)(=O)c2c(F)cc(F)cc2Br)cn1. The van der Waals surface area contributed by atoms with Crippen LogP contribution in [-0.2, 0) is 10.0 Å². The van der Waals surface area contributed by atoms with Gasteiger partial charge in [-0.3, -0.25) is 9.40 Å². The van der Waals surface area contributed by atoms with Crippen molar-refractivity contribution in [2.24, 2.45) is 0 Å². The predicted octanol–water partition coefficient (Wildman–Crippen LogP) is 3.31. The molecule has 1 heterocycles. The van der Waals surface area contributed by atoms with Crippen molar-refractivity contribution in [3.63, 3.8) is 0 Å². The quantitative estimate of drug-likeness (QED) is 0.885. The van der Waals surface area contributed by atoms with E-state index in [0.717, 1.165) is 6.07 Å². The number of hydrogen-bond donors (Lipinski definition) is 1. The van der Waals surface area contributed by atoms with Crippen LogP contribution < -0.4 is 4.72 Å². The maximum Gasteiger partial charge on any atom is 0.266 e. The molecule has 1 aromatic carbocycles. The summed E-state index contributed by atoms with van der Waals surface area (Å²) in [4.78, 5) is -0.652. The number of hydrogen-bond acceptors (Lipinski definition) is 3. The second-order valence-corrected chi connectivity index (χ2v) is 7.08. The topological polar surface area (TPSA) is 64.0 Å². The number of sulfonamides is 1. The standard InChI is InChI=1S/C12H12BrF2N3O2S/c1-7(2)18-6-9(5-16-18)17-21(19,20)12-10(13)3-8(14)4-11(12)15/h3-7,17H,1-2H3. The molecule has 0 unspecified atom stereocenters. The van der Waals surface area contributed by atoms with Crippen molar-refractivity contribution in [2.75, 3.05) is 4.72 Å². The van der Waals surface area contributed by atoms with Gasteiger partial charge in [0.1, 0.15) is 16.5 Å². The molecule has 0 saturated carbocycles. The van der Waals surface area contributed by atoms with E-state index < -0.39 is 26.6 Å². The van der Waals surface area contributed by atoms with Crippen LogP contribution in [0.3, 0.4) is 0 Å². The minimum atomic E-state index is -4.20. The Labute approximate surface area is 129 Å². The number of nitrogens with one attached hydrogen (secondary N) is 1. The summed E-state index contributed by atoms with van der Waals surface area (Å²) >= 11 is 2.86. The molecule has 0 amide bonds. The first kappa shape index (κ1) is 15.9. The zero-order valence-corrected chi connectivity index (χ0v) is 13.5. The highest BCUT2D eigenvalue weighted by molar-refractivity contribution is 9.10. The average Bonchev–Trinajstić information content (AvgIpc) is 2.74. The van der Waals surface area contributed by atoms with Crippen LogP contribution in [0.5, 0.6) is 0 Å². The first-order valence-corrected chi connectivity index (χ1v) is 8.20. The molecule has 0 spiro atoms. The van der Waals surface area contributed by atoms with Crippen LogP contribution in [0.2, 0.25) is 0 Å². The Bertz CT molecular complexity index is 752. The molecule has 0 aliphatic heterocycles. The number of rotatable bonds is 4. The van der Waals surface area contributed by atoms with Crippen molar-refractivity contribution in [3.05, 3.63) is 40.6 Å². The number of nitrogens with zero attached hydrogens (tertiary/aromatic N) is 2. The van der Waals surface area contributed by atoms with Crippen molar-refractivity contribution in [2.45, 2.75) is 24.8 Å². The summed E-state index contributed by atoms with van der Waals surface area (Å²) in [5.74, 6) is -2.04. The molecule has 0 bridgehead atoms. The lowest BCUT2D eigenvalue weighted by Gasteiger charge is -2.09. The Kier molecular flexibility index (Phi) is 4.33. The third-order valence-electron chi connectivity index (χ3n) is 2.61. The summed E-state index contributed by atoms with van der Waals surface area (Å²) in [6.07, 6.45) is 2.80. The lowest BCUT2D eigenvalue weighted by Crippen LogP contribution is -2.15. The molecule has 0 aliphatic carbocycles. The van der Waals surface area contributed by atoms with Crippen LogP contribution in [0.15, 0.2) is 33.9 Å². The van der Waals surface area contributed by atoms with Gasteiger partial charge in [0, 0.05) is 22.8 Å². The third kappa shape index (κ3) is 3.41. The minimum absolute atomic E-state index is 0.0533. The molecule has 0 fully saturated rings. The van der Waals surface area contributed by atoms with E-state index >= 15 is 0 Å². The second kappa shape index (κ2) is 5.72. The highest BCUT2D eigenvalue weighted by Gasteiger charge is 2.24. The van der Waals surface area contributed by atoms with Gasteiger partial charge in [0.15, 0.2) is 0 Å².